The van der Waals surface area contributed by atoms with Gasteiger partial charge in [0.25, 0.3) is 5.91 Å². The van der Waals surface area contributed by atoms with Crippen molar-refractivity contribution in [2.24, 2.45) is 28.3 Å². The molecule has 5 rings (SSSR count). The molecular weight excluding hydrogens is 377 g/mol. The van der Waals surface area contributed by atoms with E-state index >= 15 is 0 Å². The van der Waals surface area contributed by atoms with Crippen LogP contribution in [0.4, 0.5) is 4.39 Å². The van der Waals surface area contributed by atoms with Crippen molar-refractivity contribution in [1.29, 1.82) is 0 Å². The van der Waals surface area contributed by atoms with Gasteiger partial charge in [-0.2, -0.15) is 5.10 Å². The second-order valence-corrected chi connectivity index (χ2v) is 10.1. The van der Waals surface area contributed by atoms with E-state index in [0.717, 1.165) is 44.2 Å². The lowest BCUT2D eigenvalue weighted by Crippen LogP contribution is -2.54. The van der Waals surface area contributed by atoms with Crippen LogP contribution in [0.2, 0.25) is 0 Å². The van der Waals surface area contributed by atoms with Crippen LogP contribution in [0, 0.1) is 29.0 Å². The summed E-state index contributed by atoms with van der Waals surface area (Å²) in [6.07, 6.45) is 7.51. The van der Waals surface area contributed by atoms with Gasteiger partial charge in [-0.25, -0.2) is 4.39 Å². The van der Waals surface area contributed by atoms with Crippen LogP contribution in [0.5, 0.6) is 0 Å². The van der Waals surface area contributed by atoms with E-state index in [-0.39, 0.29) is 17.8 Å². The molecule has 1 aromatic rings. The number of unbranched alkanes of at least 4 members (excludes halogenated alkanes) is 2. The Hall–Kier alpha value is -1.91. The standard InChI is InChI=1S/C25H36FN3O/c1-4-5-8-13-29-23(19-9-6-7-10-21(19)26)15-22(28-29)24(30)27-16-17-11-12-18-14-20(17)25(18,2)3/h6-7,9-10,17-18,20,23H,4-5,8,11-16H2,1-3H3,(H,27,30)/t17-,18?,20?,23?/m0/s1. The summed E-state index contributed by atoms with van der Waals surface area (Å²) >= 11 is 0. The van der Waals surface area contributed by atoms with Crippen LogP contribution < -0.4 is 5.32 Å². The lowest BCUT2D eigenvalue weighted by atomic mass is 9.45. The van der Waals surface area contributed by atoms with Crippen molar-refractivity contribution in [2.45, 2.75) is 71.8 Å². The molecule has 2 bridgehead atoms. The second-order valence-electron chi connectivity index (χ2n) is 10.1. The van der Waals surface area contributed by atoms with Crippen molar-refractivity contribution in [3.05, 3.63) is 35.6 Å². The highest BCUT2D eigenvalue weighted by Crippen LogP contribution is 2.61. The number of hydrogen-bond acceptors (Lipinski definition) is 3. The van der Waals surface area contributed by atoms with Gasteiger partial charge < -0.3 is 5.32 Å². The summed E-state index contributed by atoms with van der Waals surface area (Å²) in [5.41, 5.74) is 1.60. The number of carbonyl (C=O) groups is 1. The van der Waals surface area contributed by atoms with Gasteiger partial charge in [0, 0.05) is 25.1 Å². The maximum atomic E-state index is 14.5. The van der Waals surface area contributed by atoms with E-state index in [1.807, 2.05) is 17.1 Å². The molecule has 0 aromatic heterocycles. The topological polar surface area (TPSA) is 44.7 Å². The maximum absolute atomic E-state index is 14.5. The fourth-order valence-electron chi connectivity index (χ4n) is 5.97. The Kier molecular flexibility index (Phi) is 6.17. The number of rotatable bonds is 8. The molecule has 4 atom stereocenters. The van der Waals surface area contributed by atoms with Crippen LogP contribution >= 0.6 is 0 Å². The van der Waals surface area contributed by atoms with E-state index in [9.17, 15) is 9.18 Å². The average Bonchev–Trinajstić information content (AvgIpc) is 3.16. The van der Waals surface area contributed by atoms with Gasteiger partial charge in [0.05, 0.1) is 6.04 Å². The molecule has 0 saturated heterocycles. The minimum Gasteiger partial charge on any atom is -0.351 e. The summed E-state index contributed by atoms with van der Waals surface area (Å²) in [7, 11) is 0. The third-order valence-corrected chi connectivity index (χ3v) is 8.04. The van der Waals surface area contributed by atoms with Crippen molar-refractivity contribution in [3.8, 4) is 0 Å². The largest absolute Gasteiger partial charge is 0.351 e. The highest BCUT2D eigenvalue weighted by atomic mass is 19.1. The smallest absolute Gasteiger partial charge is 0.267 e. The Labute approximate surface area is 180 Å². The molecule has 1 amide bonds. The van der Waals surface area contributed by atoms with Gasteiger partial charge in [-0.1, -0.05) is 51.8 Å². The first-order valence-electron chi connectivity index (χ1n) is 11.8. The van der Waals surface area contributed by atoms with Crippen LogP contribution in [0.3, 0.4) is 0 Å². The molecular formula is C25H36FN3O. The van der Waals surface area contributed by atoms with Crippen molar-refractivity contribution in [3.63, 3.8) is 0 Å². The number of hydrogen-bond donors (Lipinski definition) is 1. The normalized spacial score (nSPS) is 29.3. The number of hydrazone groups is 1. The predicted molar refractivity (Wildman–Crippen MR) is 119 cm³/mol. The molecule has 1 N–H and O–H groups in total. The zero-order valence-electron chi connectivity index (χ0n) is 18.7. The van der Waals surface area contributed by atoms with Crippen molar-refractivity contribution in [2.75, 3.05) is 13.1 Å². The van der Waals surface area contributed by atoms with Crippen molar-refractivity contribution in [1.82, 2.24) is 10.3 Å². The number of nitrogens with zero attached hydrogens (tertiary/aromatic N) is 2. The van der Waals surface area contributed by atoms with Crippen molar-refractivity contribution >= 4 is 11.6 Å². The predicted octanol–water partition coefficient (Wildman–Crippen LogP) is 5.31. The Morgan fingerprint density at radius 2 is 2.07 bits per heavy atom. The monoisotopic (exact) mass is 413 g/mol. The molecule has 3 saturated carbocycles. The fourth-order valence-corrected chi connectivity index (χ4v) is 5.97. The van der Waals surface area contributed by atoms with Gasteiger partial charge in [0.1, 0.15) is 11.5 Å². The molecule has 3 fully saturated rings. The minimum atomic E-state index is -0.219. The molecule has 0 spiro atoms. The highest BCUT2D eigenvalue weighted by molar-refractivity contribution is 6.39. The second kappa shape index (κ2) is 8.68. The lowest BCUT2D eigenvalue weighted by molar-refractivity contribution is -0.119. The molecule has 0 radical (unpaired) electrons. The first-order chi connectivity index (χ1) is 14.4. The molecule has 4 nitrogen and oxygen atoms in total. The number of carbonyl (C=O) groups excluding carboxylic acids is 1. The number of halogens is 1. The molecule has 3 unspecified atom stereocenters. The molecule has 30 heavy (non-hydrogen) atoms. The summed E-state index contributed by atoms with van der Waals surface area (Å²) in [5, 5.41) is 9.76. The first-order valence-corrected chi connectivity index (χ1v) is 11.8. The summed E-state index contributed by atoms with van der Waals surface area (Å²) in [6, 6.07) is 6.69. The SMILES string of the molecule is CCCCCN1N=C(C(=O)NC[C@@H]2CCC3CC2C3(C)C)CC1c1ccccc1F. The quantitative estimate of drug-likeness (QED) is 0.587. The summed E-state index contributed by atoms with van der Waals surface area (Å²) in [5.74, 6) is 1.86. The summed E-state index contributed by atoms with van der Waals surface area (Å²) in [4.78, 5) is 12.9. The van der Waals surface area contributed by atoms with Gasteiger partial charge in [-0.3, -0.25) is 9.80 Å². The number of fused-ring (bicyclic) bond motifs is 2. The van der Waals surface area contributed by atoms with Gasteiger partial charge in [0.15, 0.2) is 0 Å². The summed E-state index contributed by atoms with van der Waals surface area (Å²) < 4.78 is 14.5. The minimum absolute atomic E-state index is 0.0754. The van der Waals surface area contributed by atoms with Crippen LogP contribution in [0.15, 0.2) is 29.4 Å². The van der Waals surface area contributed by atoms with Gasteiger partial charge in [-0.05, 0) is 54.9 Å². The molecule has 1 aliphatic heterocycles. The fraction of sp³-hybridized carbons (Fsp3) is 0.680. The first kappa shape index (κ1) is 21.3. The van der Waals surface area contributed by atoms with Crippen LogP contribution in [0.25, 0.3) is 0 Å². The van der Waals surface area contributed by atoms with Crippen LogP contribution in [-0.4, -0.2) is 29.7 Å². The summed E-state index contributed by atoms with van der Waals surface area (Å²) in [6.45, 7) is 8.42. The molecule has 4 aliphatic rings. The zero-order chi connectivity index (χ0) is 21.3. The molecule has 3 aliphatic carbocycles. The number of amides is 1. The van der Waals surface area contributed by atoms with E-state index in [4.69, 9.17) is 0 Å². The molecule has 5 heteroatoms. The van der Waals surface area contributed by atoms with Crippen LogP contribution in [0.1, 0.15) is 77.3 Å². The Morgan fingerprint density at radius 3 is 2.77 bits per heavy atom. The average molecular weight is 414 g/mol. The van der Waals surface area contributed by atoms with E-state index < -0.39 is 0 Å². The molecule has 1 heterocycles. The third-order valence-electron chi connectivity index (χ3n) is 8.04. The molecule has 164 valence electrons. The van der Waals surface area contributed by atoms with Crippen LogP contribution in [-0.2, 0) is 4.79 Å². The van der Waals surface area contributed by atoms with Crippen molar-refractivity contribution < 1.29 is 9.18 Å². The highest BCUT2D eigenvalue weighted by Gasteiger charge is 2.54. The van der Waals surface area contributed by atoms with E-state index in [1.165, 1.54) is 25.3 Å². The van der Waals surface area contributed by atoms with E-state index in [2.05, 4.69) is 31.2 Å². The van der Waals surface area contributed by atoms with Gasteiger partial charge in [-0.15, -0.1) is 0 Å². The van der Waals surface area contributed by atoms with Gasteiger partial charge in [0.2, 0.25) is 0 Å². The van der Waals surface area contributed by atoms with E-state index in [0.29, 0.717) is 29.0 Å². The van der Waals surface area contributed by atoms with E-state index in [1.54, 1.807) is 6.07 Å². The molecule has 1 aromatic carbocycles. The maximum Gasteiger partial charge on any atom is 0.267 e. The number of nitrogens with one attached hydrogen (secondary N) is 1. The number of benzene rings is 1. The third kappa shape index (κ3) is 4.00. The Morgan fingerprint density at radius 1 is 1.27 bits per heavy atom. The van der Waals surface area contributed by atoms with Gasteiger partial charge >= 0.3 is 0 Å². The Balaban J connectivity index is 1.40. The zero-order valence-corrected chi connectivity index (χ0v) is 18.7. The lowest BCUT2D eigenvalue weighted by Gasteiger charge is -2.60. The Bertz CT molecular complexity index is 803.